The number of primary amides is 1. The number of nitrogens with one attached hydrogen (secondary N) is 3. The number of ether oxygens (including phenoxy) is 4. The van der Waals surface area contributed by atoms with Crippen LogP contribution in [0.5, 0.6) is 0 Å². The molecule has 13 nitrogen and oxygen atoms in total. The van der Waals surface area contributed by atoms with E-state index in [2.05, 4.69) is 20.6 Å². The van der Waals surface area contributed by atoms with Crippen molar-refractivity contribution in [3.8, 4) is 0 Å². The number of imidazole rings is 1. The fourth-order valence-corrected chi connectivity index (χ4v) is 3.44. The second kappa shape index (κ2) is 23.1. The Morgan fingerprint density at radius 1 is 0.897 bits per heavy atom. The van der Waals surface area contributed by atoms with Gasteiger partial charge in [0.15, 0.2) is 0 Å². The third-order valence-corrected chi connectivity index (χ3v) is 5.53. The second-order valence-corrected chi connectivity index (χ2v) is 8.94. The quantitative estimate of drug-likeness (QED) is 0.117. The van der Waals surface area contributed by atoms with E-state index in [0.717, 1.165) is 12.1 Å². The molecule has 0 spiro atoms. The second-order valence-electron chi connectivity index (χ2n) is 8.94. The summed E-state index contributed by atoms with van der Waals surface area (Å²) < 4.78 is 21.1. The van der Waals surface area contributed by atoms with Crippen molar-refractivity contribution in [2.75, 3.05) is 65.9 Å². The summed E-state index contributed by atoms with van der Waals surface area (Å²) in [7, 11) is 0. The van der Waals surface area contributed by atoms with Crippen LogP contribution in [0, 0.1) is 5.92 Å². The van der Waals surface area contributed by atoms with Crippen molar-refractivity contribution >= 4 is 23.5 Å². The number of aryl methyl sites for hydroxylation is 1. The fourth-order valence-electron chi connectivity index (χ4n) is 3.44. The Bertz CT molecular complexity index is 806. The fraction of sp³-hybridized carbons (Fsp3) is 0.731. The summed E-state index contributed by atoms with van der Waals surface area (Å²) >= 11 is 0. The highest BCUT2D eigenvalue weighted by molar-refractivity contribution is 5.86. The molecule has 0 fully saturated rings. The van der Waals surface area contributed by atoms with Crippen LogP contribution in [0.1, 0.15) is 51.1 Å². The maximum atomic E-state index is 12.2. The number of ketones is 1. The van der Waals surface area contributed by atoms with Crippen LogP contribution in [0.4, 0.5) is 0 Å². The Morgan fingerprint density at radius 3 is 2.15 bits per heavy atom. The Balaban J connectivity index is 1.94. The van der Waals surface area contributed by atoms with E-state index < -0.39 is 11.8 Å². The first-order valence-electron chi connectivity index (χ1n) is 13.5. The SMILES string of the molecule is CCCOCCOCC(=O)NCCOCCOCC(=O)NCCCC[C@H](CC(=O)CCc1cnc[nH]1)C(N)=O. The van der Waals surface area contributed by atoms with E-state index in [-0.39, 0.29) is 43.8 Å². The van der Waals surface area contributed by atoms with Crippen LogP contribution < -0.4 is 16.4 Å². The molecule has 39 heavy (non-hydrogen) atoms. The molecule has 0 radical (unpaired) electrons. The minimum atomic E-state index is -0.504. The molecule has 1 aromatic rings. The molecule has 0 aromatic carbocycles. The van der Waals surface area contributed by atoms with E-state index in [1.54, 1.807) is 12.5 Å². The normalized spacial score (nSPS) is 11.7. The maximum Gasteiger partial charge on any atom is 0.246 e. The topological polar surface area (TPSA) is 184 Å². The van der Waals surface area contributed by atoms with Gasteiger partial charge in [0.2, 0.25) is 17.7 Å². The number of hydrogen-bond acceptors (Lipinski definition) is 9. The molecule has 1 rings (SSSR count). The molecule has 0 bridgehead atoms. The average molecular weight is 556 g/mol. The van der Waals surface area contributed by atoms with Gasteiger partial charge in [-0.05, 0) is 25.7 Å². The van der Waals surface area contributed by atoms with Crippen LogP contribution >= 0.6 is 0 Å². The number of unbranched alkanes of at least 4 members (excludes halogenated alkanes) is 1. The molecule has 3 amide bonds. The first-order valence-corrected chi connectivity index (χ1v) is 13.5. The Labute approximate surface area is 230 Å². The van der Waals surface area contributed by atoms with E-state index >= 15 is 0 Å². The lowest BCUT2D eigenvalue weighted by atomic mass is 9.94. The molecular formula is C26H45N5O8. The highest BCUT2D eigenvalue weighted by Crippen LogP contribution is 2.14. The summed E-state index contributed by atoms with van der Waals surface area (Å²) in [5.41, 5.74) is 6.34. The minimum Gasteiger partial charge on any atom is -0.379 e. The van der Waals surface area contributed by atoms with Crippen LogP contribution in [0.3, 0.4) is 0 Å². The van der Waals surface area contributed by atoms with Crippen molar-refractivity contribution in [2.24, 2.45) is 11.7 Å². The molecule has 0 aliphatic rings. The molecule has 13 heteroatoms. The lowest BCUT2D eigenvalue weighted by Crippen LogP contribution is -2.31. The maximum absolute atomic E-state index is 12.2. The van der Waals surface area contributed by atoms with Gasteiger partial charge >= 0.3 is 0 Å². The molecule has 1 atom stereocenters. The van der Waals surface area contributed by atoms with Gasteiger partial charge in [-0.15, -0.1) is 0 Å². The van der Waals surface area contributed by atoms with Crippen LogP contribution in [-0.4, -0.2) is 99.4 Å². The Kier molecular flexibility index (Phi) is 20.2. The third kappa shape index (κ3) is 19.8. The first kappa shape index (κ1) is 34.2. The summed E-state index contributed by atoms with van der Waals surface area (Å²) in [6.07, 6.45) is 6.99. The van der Waals surface area contributed by atoms with Gasteiger partial charge in [0.1, 0.15) is 19.0 Å². The van der Waals surface area contributed by atoms with E-state index in [9.17, 15) is 19.2 Å². The van der Waals surface area contributed by atoms with Gasteiger partial charge in [-0.3, -0.25) is 19.2 Å². The Morgan fingerprint density at radius 2 is 1.54 bits per heavy atom. The highest BCUT2D eigenvalue weighted by atomic mass is 16.5. The molecular weight excluding hydrogens is 510 g/mol. The van der Waals surface area contributed by atoms with E-state index in [1.807, 2.05) is 6.92 Å². The minimum absolute atomic E-state index is 0.0124. The zero-order valence-corrected chi connectivity index (χ0v) is 23.0. The number of Topliss-reactive ketones (excluding diaryl/α,β-unsaturated/α-hetero) is 1. The van der Waals surface area contributed by atoms with Crippen LogP contribution in [0.25, 0.3) is 0 Å². The number of H-pyrrole nitrogens is 1. The molecule has 0 saturated heterocycles. The number of nitrogens with zero attached hydrogens (tertiary/aromatic N) is 1. The summed E-state index contributed by atoms with van der Waals surface area (Å²) in [6, 6.07) is 0. The molecule has 5 N–H and O–H groups in total. The standard InChI is InChI=1S/C26H45N5O8/c1-2-10-36-12-14-38-19-25(34)30-9-11-37-13-15-39-18-24(33)29-8-4-3-5-21(26(27)35)16-23(32)7-6-22-17-28-20-31-22/h17,20-21H,2-16,18-19H2,1H3,(H2,27,35)(H,28,31)(H,29,33)(H,30,34)/t21-/m1/s1. The monoisotopic (exact) mass is 555 g/mol. The van der Waals surface area contributed by atoms with Crippen molar-refractivity contribution in [1.82, 2.24) is 20.6 Å². The predicted molar refractivity (Wildman–Crippen MR) is 143 cm³/mol. The van der Waals surface area contributed by atoms with Crippen LogP contribution in [0.2, 0.25) is 0 Å². The molecule has 0 aliphatic carbocycles. The van der Waals surface area contributed by atoms with Crippen molar-refractivity contribution in [2.45, 2.75) is 51.9 Å². The summed E-state index contributed by atoms with van der Waals surface area (Å²) in [5, 5.41) is 5.43. The number of aromatic nitrogens is 2. The van der Waals surface area contributed by atoms with Gasteiger partial charge in [0.25, 0.3) is 0 Å². The average Bonchev–Trinajstić information content (AvgIpc) is 3.44. The number of hydrogen-bond donors (Lipinski definition) is 4. The van der Waals surface area contributed by atoms with Crippen molar-refractivity contribution in [3.63, 3.8) is 0 Å². The molecule has 0 aliphatic heterocycles. The van der Waals surface area contributed by atoms with Crippen LogP contribution in [-0.2, 0) is 44.5 Å². The first-order chi connectivity index (χ1) is 18.9. The number of nitrogens with two attached hydrogens (primary N) is 1. The van der Waals surface area contributed by atoms with Gasteiger partial charge < -0.3 is 40.3 Å². The van der Waals surface area contributed by atoms with Gasteiger partial charge in [-0.1, -0.05) is 13.3 Å². The Hall–Kier alpha value is -2.87. The van der Waals surface area contributed by atoms with E-state index in [0.29, 0.717) is 78.2 Å². The smallest absolute Gasteiger partial charge is 0.246 e. The van der Waals surface area contributed by atoms with E-state index in [1.165, 1.54) is 0 Å². The largest absolute Gasteiger partial charge is 0.379 e. The summed E-state index contributed by atoms with van der Waals surface area (Å²) in [6.45, 7) is 5.09. The molecule has 1 heterocycles. The number of rotatable bonds is 26. The summed E-state index contributed by atoms with van der Waals surface area (Å²) in [5.74, 6) is -1.47. The number of amides is 3. The molecule has 0 unspecified atom stereocenters. The van der Waals surface area contributed by atoms with Gasteiger partial charge in [0.05, 0.1) is 39.4 Å². The molecule has 0 saturated carbocycles. The van der Waals surface area contributed by atoms with Crippen LogP contribution in [0.15, 0.2) is 12.5 Å². The molecule has 1 aromatic heterocycles. The van der Waals surface area contributed by atoms with Crippen molar-refractivity contribution in [1.29, 1.82) is 0 Å². The van der Waals surface area contributed by atoms with Gasteiger partial charge in [-0.25, -0.2) is 4.98 Å². The molecule has 222 valence electrons. The number of aromatic amines is 1. The highest BCUT2D eigenvalue weighted by Gasteiger charge is 2.19. The van der Waals surface area contributed by atoms with E-state index in [4.69, 9.17) is 24.7 Å². The van der Waals surface area contributed by atoms with Gasteiger partial charge in [-0.2, -0.15) is 0 Å². The summed E-state index contributed by atoms with van der Waals surface area (Å²) in [4.78, 5) is 54.2. The third-order valence-electron chi connectivity index (χ3n) is 5.53. The zero-order valence-electron chi connectivity index (χ0n) is 23.0. The number of carbonyl (C=O) groups excluding carboxylic acids is 4. The van der Waals surface area contributed by atoms with Crippen molar-refractivity contribution < 1.29 is 38.1 Å². The van der Waals surface area contributed by atoms with Crippen molar-refractivity contribution in [3.05, 3.63) is 18.2 Å². The lowest BCUT2D eigenvalue weighted by Gasteiger charge is -2.12. The van der Waals surface area contributed by atoms with Gasteiger partial charge in [0, 0.05) is 50.3 Å². The lowest BCUT2D eigenvalue weighted by molar-refractivity contribution is -0.127. The zero-order chi connectivity index (χ0) is 28.6. The predicted octanol–water partition coefficient (Wildman–Crippen LogP) is 0.282. The number of carbonyl (C=O) groups is 4.